The van der Waals surface area contributed by atoms with E-state index in [1.54, 1.807) is 18.2 Å². The SMILES string of the molecule is CCCN(CC)c1nc2ccc(N)cc2c(=O)[nH]1. The van der Waals surface area contributed by atoms with Gasteiger partial charge in [0.1, 0.15) is 0 Å². The maximum Gasteiger partial charge on any atom is 0.260 e. The Bertz CT molecular complexity index is 605. The van der Waals surface area contributed by atoms with Crippen LogP contribution < -0.4 is 16.2 Å². The molecule has 0 aliphatic rings. The van der Waals surface area contributed by atoms with E-state index >= 15 is 0 Å². The molecule has 0 unspecified atom stereocenters. The molecule has 0 amide bonds. The summed E-state index contributed by atoms with van der Waals surface area (Å²) in [6.07, 6.45) is 1.01. The molecule has 0 spiro atoms. The summed E-state index contributed by atoms with van der Waals surface area (Å²) < 4.78 is 0. The Hall–Kier alpha value is -2.04. The molecule has 1 aromatic heterocycles. The third-order valence-electron chi connectivity index (χ3n) is 2.89. The lowest BCUT2D eigenvalue weighted by atomic mass is 10.2. The van der Waals surface area contributed by atoms with Crippen LogP contribution in [0.4, 0.5) is 11.6 Å². The van der Waals surface area contributed by atoms with Crippen LogP contribution in [0.3, 0.4) is 0 Å². The average Bonchev–Trinajstić information content (AvgIpc) is 2.36. The molecule has 0 fully saturated rings. The molecule has 96 valence electrons. The number of hydrogen-bond donors (Lipinski definition) is 2. The van der Waals surface area contributed by atoms with E-state index in [0.29, 0.717) is 22.5 Å². The highest BCUT2D eigenvalue weighted by molar-refractivity contribution is 5.81. The maximum atomic E-state index is 12.0. The fraction of sp³-hybridized carbons (Fsp3) is 0.385. The molecule has 5 heteroatoms. The minimum atomic E-state index is -0.142. The van der Waals surface area contributed by atoms with Gasteiger partial charge in [-0.3, -0.25) is 9.78 Å². The first-order valence-electron chi connectivity index (χ1n) is 6.20. The quantitative estimate of drug-likeness (QED) is 0.806. The van der Waals surface area contributed by atoms with Gasteiger partial charge in [-0.25, -0.2) is 4.98 Å². The van der Waals surface area contributed by atoms with Crippen molar-refractivity contribution in [1.82, 2.24) is 9.97 Å². The zero-order chi connectivity index (χ0) is 13.1. The van der Waals surface area contributed by atoms with E-state index in [4.69, 9.17) is 5.73 Å². The van der Waals surface area contributed by atoms with Gasteiger partial charge in [-0.05, 0) is 31.5 Å². The van der Waals surface area contributed by atoms with E-state index in [1.807, 2.05) is 6.92 Å². The van der Waals surface area contributed by atoms with E-state index < -0.39 is 0 Å². The van der Waals surface area contributed by atoms with Crippen LogP contribution in [-0.2, 0) is 0 Å². The van der Waals surface area contributed by atoms with Crippen molar-refractivity contribution in [2.24, 2.45) is 0 Å². The van der Waals surface area contributed by atoms with Crippen molar-refractivity contribution in [2.45, 2.75) is 20.3 Å². The van der Waals surface area contributed by atoms with Crippen LogP contribution >= 0.6 is 0 Å². The summed E-state index contributed by atoms with van der Waals surface area (Å²) in [7, 11) is 0. The first kappa shape index (κ1) is 12.4. The van der Waals surface area contributed by atoms with Gasteiger partial charge < -0.3 is 10.6 Å². The lowest BCUT2D eigenvalue weighted by Gasteiger charge is -2.20. The van der Waals surface area contributed by atoms with E-state index in [-0.39, 0.29) is 5.56 Å². The van der Waals surface area contributed by atoms with Crippen molar-refractivity contribution >= 4 is 22.5 Å². The molecule has 2 rings (SSSR count). The van der Waals surface area contributed by atoms with E-state index in [9.17, 15) is 4.79 Å². The van der Waals surface area contributed by atoms with Gasteiger partial charge in [-0.2, -0.15) is 0 Å². The highest BCUT2D eigenvalue weighted by atomic mass is 16.1. The molecule has 2 aromatic rings. The highest BCUT2D eigenvalue weighted by Crippen LogP contribution is 2.14. The van der Waals surface area contributed by atoms with E-state index in [1.165, 1.54) is 0 Å². The number of nitrogens with zero attached hydrogens (tertiary/aromatic N) is 2. The summed E-state index contributed by atoms with van der Waals surface area (Å²) in [6, 6.07) is 5.19. The smallest absolute Gasteiger partial charge is 0.260 e. The van der Waals surface area contributed by atoms with Gasteiger partial charge in [-0.15, -0.1) is 0 Å². The molecule has 0 aliphatic heterocycles. The predicted molar refractivity (Wildman–Crippen MR) is 75.0 cm³/mol. The zero-order valence-corrected chi connectivity index (χ0v) is 10.7. The number of nitrogen functional groups attached to an aromatic ring is 1. The van der Waals surface area contributed by atoms with Gasteiger partial charge in [0.15, 0.2) is 0 Å². The minimum absolute atomic E-state index is 0.142. The standard InChI is InChI=1S/C13H18N4O/c1-3-7-17(4-2)13-15-11-6-5-9(14)8-10(11)12(18)16-13/h5-6,8H,3-4,7,14H2,1-2H3,(H,15,16,18). The molecule has 5 nitrogen and oxygen atoms in total. The molecule has 0 bridgehead atoms. The van der Waals surface area contributed by atoms with Crippen LogP contribution in [0, 0.1) is 0 Å². The summed E-state index contributed by atoms with van der Waals surface area (Å²) >= 11 is 0. The number of aromatic nitrogens is 2. The number of anilines is 2. The molecule has 0 saturated carbocycles. The third-order valence-corrected chi connectivity index (χ3v) is 2.89. The van der Waals surface area contributed by atoms with Crippen LogP contribution in [0.1, 0.15) is 20.3 Å². The molecule has 3 N–H and O–H groups in total. The Balaban J connectivity index is 2.55. The van der Waals surface area contributed by atoms with Gasteiger partial charge in [-0.1, -0.05) is 6.92 Å². The fourth-order valence-corrected chi connectivity index (χ4v) is 1.98. The van der Waals surface area contributed by atoms with Gasteiger partial charge in [0.05, 0.1) is 10.9 Å². The number of benzene rings is 1. The second kappa shape index (κ2) is 5.08. The Morgan fingerprint density at radius 1 is 1.39 bits per heavy atom. The largest absolute Gasteiger partial charge is 0.399 e. The van der Waals surface area contributed by atoms with Crippen molar-refractivity contribution in [3.8, 4) is 0 Å². The molecule has 0 aliphatic carbocycles. The molecule has 1 aromatic carbocycles. The lowest BCUT2D eigenvalue weighted by molar-refractivity contribution is 0.763. The van der Waals surface area contributed by atoms with Gasteiger partial charge in [0.2, 0.25) is 5.95 Å². The number of nitrogens with two attached hydrogens (primary N) is 1. The maximum absolute atomic E-state index is 12.0. The first-order chi connectivity index (χ1) is 8.65. The summed E-state index contributed by atoms with van der Waals surface area (Å²) in [4.78, 5) is 21.4. The normalized spacial score (nSPS) is 10.8. The van der Waals surface area contributed by atoms with Crippen LogP contribution in [0.2, 0.25) is 0 Å². The molecular weight excluding hydrogens is 228 g/mol. The third kappa shape index (κ3) is 2.30. The number of hydrogen-bond acceptors (Lipinski definition) is 4. The number of nitrogens with one attached hydrogen (secondary N) is 1. The molecule has 1 heterocycles. The summed E-state index contributed by atoms with van der Waals surface area (Å²) in [5.41, 5.74) is 6.78. The van der Waals surface area contributed by atoms with Crippen LogP contribution in [0.5, 0.6) is 0 Å². The fourth-order valence-electron chi connectivity index (χ4n) is 1.98. The van der Waals surface area contributed by atoms with E-state index in [2.05, 4.69) is 21.8 Å². The van der Waals surface area contributed by atoms with Gasteiger partial charge in [0.25, 0.3) is 5.56 Å². The van der Waals surface area contributed by atoms with Crippen LogP contribution in [-0.4, -0.2) is 23.1 Å². The minimum Gasteiger partial charge on any atom is -0.399 e. The lowest BCUT2D eigenvalue weighted by Crippen LogP contribution is -2.28. The molecule has 18 heavy (non-hydrogen) atoms. The molecule has 0 radical (unpaired) electrons. The Morgan fingerprint density at radius 2 is 2.17 bits per heavy atom. The van der Waals surface area contributed by atoms with Crippen molar-refractivity contribution in [2.75, 3.05) is 23.7 Å². The van der Waals surface area contributed by atoms with Crippen LogP contribution in [0.15, 0.2) is 23.0 Å². The second-order valence-electron chi connectivity index (χ2n) is 4.25. The van der Waals surface area contributed by atoms with E-state index in [0.717, 1.165) is 19.5 Å². The van der Waals surface area contributed by atoms with Crippen molar-refractivity contribution in [3.63, 3.8) is 0 Å². The van der Waals surface area contributed by atoms with Crippen molar-refractivity contribution < 1.29 is 0 Å². The summed E-state index contributed by atoms with van der Waals surface area (Å²) in [5.74, 6) is 0.627. The van der Waals surface area contributed by atoms with Gasteiger partial charge in [0, 0.05) is 18.8 Å². The second-order valence-corrected chi connectivity index (χ2v) is 4.25. The number of aromatic amines is 1. The monoisotopic (exact) mass is 246 g/mol. The van der Waals surface area contributed by atoms with Crippen LogP contribution in [0.25, 0.3) is 10.9 Å². The summed E-state index contributed by atoms with van der Waals surface area (Å²) in [6.45, 7) is 5.84. The van der Waals surface area contributed by atoms with Crippen molar-refractivity contribution in [3.05, 3.63) is 28.6 Å². The number of H-pyrrole nitrogens is 1. The Labute approximate surface area is 106 Å². The average molecular weight is 246 g/mol. The Morgan fingerprint density at radius 3 is 2.83 bits per heavy atom. The first-order valence-corrected chi connectivity index (χ1v) is 6.20. The molecule has 0 saturated heterocycles. The van der Waals surface area contributed by atoms with Crippen molar-refractivity contribution in [1.29, 1.82) is 0 Å². The summed E-state index contributed by atoms with van der Waals surface area (Å²) in [5, 5.41) is 0.534. The molecular formula is C13H18N4O. The topological polar surface area (TPSA) is 75.0 Å². The predicted octanol–water partition coefficient (Wildman–Crippen LogP) is 1.74. The Kier molecular flexibility index (Phi) is 3.50. The molecule has 0 atom stereocenters. The zero-order valence-electron chi connectivity index (χ0n) is 10.7. The highest BCUT2D eigenvalue weighted by Gasteiger charge is 2.09. The number of rotatable bonds is 4. The van der Waals surface area contributed by atoms with Gasteiger partial charge >= 0.3 is 0 Å². The number of fused-ring (bicyclic) bond motifs is 1.